The lowest BCUT2D eigenvalue weighted by molar-refractivity contribution is -0.192. The van der Waals surface area contributed by atoms with Crippen molar-refractivity contribution in [1.29, 1.82) is 5.41 Å². The Labute approximate surface area is 181 Å². The van der Waals surface area contributed by atoms with Crippen LogP contribution in [0.2, 0.25) is 0 Å². The highest BCUT2D eigenvalue weighted by Gasteiger charge is 2.38. The average molecular weight is 447 g/mol. The van der Waals surface area contributed by atoms with Gasteiger partial charge in [-0.3, -0.25) is 10.2 Å². The summed E-state index contributed by atoms with van der Waals surface area (Å²) in [6, 6.07) is 18.8. The molecule has 3 aromatic rings. The summed E-state index contributed by atoms with van der Waals surface area (Å²) in [5.41, 5.74) is 7.16. The van der Waals surface area contributed by atoms with E-state index >= 15 is 0 Å². The van der Waals surface area contributed by atoms with Gasteiger partial charge in [0.1, 0.15) is 17.3 Å². The summed E-state index contributed by atoms with van der Waals surface area (Å²) < 4.78 is 37.6. The molecule has 10 heteroatoms. The Morgan fingerprint density at radius 2 is 1.53 bits per heavy atom. The molecular weight excluding hydrogens is 427 g/mol. The molecule has 0 aromatic heterocycles. The Morgan fingerprint density at radius 3 is 2.06 bits per heavy atom. The van der Waals surface area contributed by atoms with Gasteiger partial charge in [0.15, 0.2) is 0 Å². The van der Waals surface area contributed by atoms with E-state index in [4.69, 9.17) is 25.8 Å². The molecule has 0 bridgehead atoms. The first-order chi connectivity index (χ1) is 15.0. The van der Waals surface area contributed by atoms with Gasteiger partial charge in [-0.15, -0.1) is 0 Å². The van der Waals surface area contributed by atoms with Gasteiger partial charge in [-0.05, 0) is 46.7 Å². The second-order valence-electron chi connectivity index (χ2n) is 6.54. The van der Waals surface area contributed by atoms with Gasteiger partial charge in [-0.2, -0.15) is 13.2 Å². The summed E-state index contributed by atoms with van der Waals surface area (Å²) in [6.07, 6.45) is -4.73. The maximum atomic E-state index is 11.4. The van der Waals surface area contributed by atoms with E-state index in [1.165, 1.54) is 0 Å². The van der Waals surface area contributed by atoms with Crippen molar-refractivity contribution in [2.75, 3.05) is 7.05 Å². The molecule has 0 fully saturated rings. The minimum Gasteiger partial charge on any atom is -0.475 e. The predicted octanol–water partition coefficient (Wildman–Crippen LogP) is 3.84. The van der Waals surface area contributed by atoms with Crippen LogP contribution in [0.3, 0.4) is 0 Å². The minimum atomic E-state index is -5.08. The SMILES string of the molecule is CNC(=O)Cc1ccc(Oc2ccc3cc(C(=N)N)ccc3c2)cc1.O=C(O)C(F)(F)F. The van der Waals surface area contributed by atoms with E-state index in [0.29, 0.717) is 17.7 Å². The summed E-state index contributed by atoms with van der Waals surface area (Å²) in [6.45, 7) is 0. The lowest BCUT2D eigenvalue weighted by Crippen LogP contribution is -2.21. The van der Waals surface area contributed by atoms with E-state index in [1.54, 1.807) is 7.05 Å². The van der Waals surface area contributed by atoms with Gasteiger partial charge in [-0.25, -0.2) is 4.79 Å². The van der Waals surface area contributed by atoms with E-state index in [0.717, 1.165) is 22.1 Å². The molecule has 3 rings (SSSR count). The summed E-state index contributed by atoms with van der Waals surface area (Å²) in [5.74, 6) is -1.29. The monoisotopic (exact) mass is 447 g/mol. The molecule has 0 spiro atoms. The number of hydrogen-bond donors (Lipinski definition) is 4. The number of amides is 1. The van der Waals surface area contributed by atoms with Gasteiger partial charge < -0.3 is 20.9 Å². The summed E-state index contributed by atoms with van der Waals surface area (Å²) in [4.78, 5) is 20.3. The van der Waals surface area contributed by atoms with E-state index < -0.39 is 12.1 Å². The molecule has 0 radical (unpaired) electrons. The van der Waals surface area contributed by atoms with Crippen LogP contribution in [-0.2, 0) is 16.0 Å². The topological polar surface area (TPSA) is 126 Å². The number of rotatable bonds is 5. The molecule has 0 aliphatic carbocycles. The smallest absolute Gasteiger partial charge is 0.475 e. The predicted molar refractivity (Wildman–Crippen MR) is 113 cm³/mol. The largest absolute Gasteiger partial charge is 0.490 e. The molecule has 0 unspecified atom stereocenters. The van der Waals surface area contributed by atoms with Crippen LogP contribution in [0.1, 0.15) is 11.1 Å². The van der Waals surface area contributed by atoms with Crippen LogP contribution in [0.5, 0.6) is 11.5 Å². The van der Waals surface area contributed by atoms with Gasteiger partial charge >= 0.3 is 12.1 Å². The van der Waals surface area contributed by atoms with Crippen molar-refractivity contribution in [3.8, 4) is 11.5 Å². The minimum absolute atomic E-state index is 0.0203. The molecule has 0 heterocycles. The number of amidine groups is 1. The van der Waals surface area contributed by atoms with Crippen molar-refractivity contribution in [2.45, 2.75) is 12.6 Å². The number of nitrogen functional groups attached to an aromatic ring is 1. The van der Waals surface area contributed by atoms with Crippen molar-refractivity contribution >= 4 is 28.5 Å². The highest BCUT2D eigenvalue weighted by atomic mass is 19.4. The van der Waals surface area contributed by atoms with Crippen molar-refractivity contribution in [3.05, 3.63) is 71.8 Å². The number of hydrogen-bond acceptors (Lipinski definition) is 4. The van der Waals surface area contributed by atoms with E-state index in [9.17, 15) is 18.0 Å². The standard InChI is InChI=1S/C20H19N3O2.C2HF3O2/c1-23-19(24)10-13-2-7-17(8-3-13)25-18-9-6-14-11-16(20(21)22)5-4-15(14)12-18;3-2(4,5)1(6)7/h2-9,11-12H,10H2,1H3,(H3,21,22)(H,23,24);(H,6,7). The van der Waals surface area contributed by atoms with Crippen molar-refractivity contribution in [2.24, 2.45) is 5.73 Å². The third-order valence-electron chi connectivity index (χ3n) is 4.17. The van der Waals surface area contributed by atoms with Gasteiger partial charge in [0.05, 0.1) is 6.42 Å². The molecule has 32 heavy (non-hydrogen) atoms. The van der Waals surface area contributed by atoms with Gasteiger partial charge in [-0.1, -0.05) is 30.3 Å². The molecule has 7 nitrogen and oxygen atoms in total. The fourth-order valence-electron chi connectivity index (χ4n) is 2.54. The molecular formula is C22H20F3N3O4. The second kappa shape index (κ2) is 10.3. The molecule has 0 saturated heterocycles. The Bertz CT molecular complexity index is 1130. The maximum Gasteiger partial charge on any atom is 0.490 e. The highest BCUT2D eigenvalue weighted by Crippen LogP contribution is 2.26. The number of carboxylic acid groups (broad SMARTS) is 1. The zero-order chi connectivity index (χ0) is 23.9. The molecule has 0 saturated carbocycles. The number of alkyl halides is 3. The van der Waals surface area contributed by atoms with Crippen LogP contribution in [-0.4, -0.2) is 36.0 Å². The highest BCUT2D eigenvalue weighted by molar-refractivity contribution is 5.99. The normalized spacial score (nSPS) is 10.6. The van der Waals surface area contributed by atoms with Gasteiger partial charge in [0, 0.05) is 12.6 Å². The van der Waals surface area contributed by atoms with E-state index in [1.807, 2.05) is 60.7 Å². The number of carboxylic acids is 1. The number of aliphatic carboxylic acids is 1. The van der Waals surface area contributed by atoms with Gasteiger partial charge in [0.25, 0.3) is 0 Å². The Morgan fingerprint density at radius 1 is 1.00 bits per heavy atom. The van der Waals surface area contributed by atoms with Gasteiger partial charge in [0.2, 0.25) is 5.91 Å². The lowest BCUT2D eigenvalue weighted by atomic mass is 10.1. The maximum absolute atomic E-state index is 11.4. The molecule has 0 atom stereocenters. The molecule has 0 aliphatic heterocycles. The Kier molecular flexibility index (Phi) is 7.78. The lowest BCUT2D eigenvalue weighted by Gasteiger charge is -2.09. The van der Waals surface area contributed by atoms with Crippen LogP contribution < -0.4 is 15.8 Å². The van der Waals surface area contributed by atoms with Crippen molar-refractivity contribution < 1.29 is 32.6 Å². The number of benzene rings is 3. The number of ether oxygens (including phenoxy) is 1. The number of likely N-dealkylation sites (N-methyl/N-ethyl adjacent to an activating group) is 1. The fraction of sp³-hybridized carbons (Fsp3) is 0.136. The average Bonchev–Trinajstić information content (AvgIpc) is 2.74. The first-order valence-electron chi connectivity index (χ1n) is 9.15. The first kappa shape index (κ1) is 24.2. The zero-order valence-corrected chi connectivity index (χ0v) is 16.9. The summed E-state index contributed by atoms with van der Waals surface area (Å²) in [7, 11) is 1.62. The zero-order valence-electron chi connectivity index (χ0n) is 16.9. The fourth-order valence-corrected chi connectivity index (χ4v) is 2.54. The number of nitrogens with one attached hydrogen (secondary N) is 2. The first-order valence-corrected chi connectivity index (χ1v) is 9.15. The third kappa shape index (κ3) is 7.01. The van der Waals surface area contributed by atoms with Crippen LogP contribution in [0.25, 0.3) is 10.8 Å². The molecule has 168 valence electrons. The molecule has 3 aromatic carbocycles. The molecule has 5 N–H and O–H groups in total. The van der Waals surface area contributed by atoms with E-state index in [-0.39, 0.29) is 11.7 Å². The number of nitrogens with two attached hydrogens (primary N) is 1. The van der Waals surface area contributed by atoms with Crippen molar-refractivity contribution in [3.63, 3.8) is 0 Å². The summed E-state index contributed by atoms with van der Waals surface area (Å²) in [5, 5.41) is 19.2. The Balaban J connectivity index is 0.000000451. The van der Waals surface area contributed by atoms with Crippen LogP contribution in [0.15, 0.2) is 60.7 Å². The third-order valence-corrected chi connectivity index (χ3v) is 4.17. The van der Waals surface area contributed by atoms with Crippen molar-refractivity contribution in [1.82, 2.24) is 5.32 Å². The number of carbonyl (C=O) groups excluding carboxylic acids is 1. The number of fused-ring (bicyclic) bond motifs is 1. The number of halogens is 3. The molecule has 1 amide bonds. The van der Waals surface area contributed by atoms with Crippen LogP contribution in [0, 0.1) is 5.41 Å². The second-order valence-corrected chi connectivity index (χ2v) is 6.54. The molecule has 0 aliphatic rings. The van der Waals surface area contributed by atoms with Crippen LogP contribution in [0.4, 0.5) is 13.2 Å². The van der Waals surface area contributed by atoms with E-state index in [2.05, 4.69) is 5.32 Å². The van der Waals surface area contributed by atoms with Crippen LogP contribution >= 0.6 is 0 Å². The quantitative estimate of drug-likeness (QED) is 0.349. The number of carbonyl (C=O) groups is 2. The summed E-state index contributed by atoms with van der Waals surface area (Å²) >= 11 is 0. The Hall–Kier alpha value is -4.08.